The maximum absolute atomic E-state index is 12.9. The van der Waals surface area contributed by atoms with Crippen molar-refractivity contribution in [1.82, 2.24) is 0 Å². The summed E-state index contributed by atoms with van der Waals surface area (Å²) >= 11 is 1.68. The van der Waals surface area contributed by atoms with Crippen molar-refractivity contribution < 1.29 is 4.90 Å². The van der Waals surface area contributed by atoms with Crippen molar-refractivity contribution in [2.75, 3.05) is 37.6 Å². The van der Waals surface area contributed by atoms with Gasteiger partial charge >= 0.3 is 0 Å². The van der Waals surface area contributed by atoms with Gasteiger partial charge in [-0.2, -0.15) is 0 Å². The lowest BCUT2D eigenvalue weighted by Crippen LogP contribution is -3.15. The van der Waals surface area contributed by atoms with Gasteiger partial charge in [0, 0.05) is 21.9 Å². The Hall–Kier alpha value is -2.17. The monoisotopic (exact) mass is 365 g/mol. The number of hydrogen-bond acceptors (Lipinski definition) is 3. The number of nitrogens with one attached hydrogen (secondary N) is 1. The number of benzene rings is 2. The van der Waals surface area contributed by atoms with Crippen molar-refractivity contribution in [3.05, 3.63) is 75.3 Å². The summed E-state index contributed by atoms with van der Waals surface area (Å²) in [7, 11) is 0. The number of piperazine rings is 1. The van der Waals surface area contributed by atoms with Gasteiger partial charge in [-0.15, -0.1) is 11.3 Å². The Morgan fingerprint density at radius 2 is 1.85 bits per heavy atom. The predicted molar refractivity (Wildman–Crippen MR) is 111 cm³/mol. The summed E-state index contributed by atoms with van der Waals surface area (Å²) in [5.74, 6) is 0. The van der Waals surface area contributed by atoms with E-state index in [0.29, 0.717) is 0 Å². The quantitative estimate of drug-likeness (QED) is 0.768. The summed E-state index contributed by atoms with van der Waals surface area (Å²) in [5, 5.41) is 2.92. The molecule has 3 nitrogen and oxygen atoms in total. The van der Waals surface area contributed by atoms with Crippen LogP contribution in [0.25, 0.3) is 10.1 Å². The molecule has 1 aliphatic rings. The number of quaternary nitrogens is 1. The van der Waals surface area contributed by atoms with Crippen molar-refractivity contribution in [2.45, 2.75) is 13.3 Å². The standard InChI is InChI=1S/C22H24N2OS/c1-17-7-8-21-19(15-17)22(25)20(16-26-21)24-13-11-23(12-14-24)10-9-18-5-3-2-4-6-18/h2-8,15-16H,9-14H2,1H3/p+1. The molecule has 0 aliphatic carbocycles. The van der Waals surface area contributed by atoms with Gasteiger partial charge in [0.1, 0.15) is 0 Å². The van der Waals surface area contributed by atoms with E-state index in [9.17, 15) is 4.79 Å². The highest BCUT2D eigenvalue weighted by atomic mass is 32.1. The molecule has 3 aromatic rings. The first-order valence-corrected chi connectivity index (χ1v) is 10.2. The minimum absolute atomic E-state index is 0.190. The molecule has 0 spiro atoms. The molecule has 26 heavy (non-hydrogen) atoms. The zero-order chi connectivity index (χ0) is 17.9. The molecule has 0 bridgehead atoms. The van der Waals surface area contributed by atoms with Crippen LogP contribution in [-0.2, 0) is 6.42 Å². The highest BCUT2D eigenvalue weighted by molar-refractivity contribution is 7.16. The Kier molecular flexibility index (Phi) is 5.05. The smallest absolute Gasteiger partial charge is 0.211 e. The van der Waals surface area contributed by atoms with Crippen LogP contribution in [0.3, 0.4) is 0 Å². The maximum Gasteiger partial charge on any atom is 0.211 e. The Labute approximate surface area is 158 Å². The summed E-state index contributed by atoms with van der Waals surface area (Å²) in [6.07, 6.45) is 1.13. The summed E-state index contributed by atoms with van der Waals surface area (Å²) in [5.41, 5.74) is 3.63. The van der Waals surface area contributed by atoms with E-state index in [4.69, 9.17) is 0 Å². The van der Waals surface area contributed by atoms with Crippen LogP contribution in [-0.4, -0.2) is 32.7 Å². The fraction of sp³-hybridized carbons (Fsp3) is 0.318. The van der Waals surface area contributed by atoms with E-state index < -0.39 is 0 Å². The fourth-order valence-corrected chi connectivity index (χ4v) is 4.65. The van der Waals surface area contributed by atoms with Crippen LogP contribution in [0.1, 0.15) is 11.1 Å². The first kappa shape index (κ1) is 17.3. The molecule has 0 saturated carbocycles. The van der Waals surface area contributed by atoms with Gasteiger partial charge in [0.15, 0.2) is 0 Å². The van der Waals surface area contributed by atoms with Gasteiger partial charge in [0.2, 0.25) is 5.43 Å². The minimum atomic E-state index is 0.190. The fourth-order valence-electron chi connectivity index (χ4n) is 3.73. The van der Waals surface area contributed by atoms with Crippen LogP contribution < -0.4 is 15.2 Å². The van der Waals surface area contributed by atoms with E-state index in [-0.39, 0.29) is 5.43 Å². The third kappa shape index (κ3) is 3.67. The van der Waals surface area contributed by atoms with E-state index in [1.165, 1.54) is 12.1 Å². The van der Waals surface area contributed by atoms with Gasteiger partial charge in [-0.25, -0.2) is 0 Å². The van der Waals surface area contributed by atoms with E-state index in [1.54, 1.807) is 16.2 Å². The van der Waals surface area contributed by atoms with Crippen LogP contribution in [0.15, 0.2) is 58.7 Å². The molecule has 4 heteroatoms. The maximum atomic E-state index is 12.9. The highest BCUT2D eigenvalue weighted by Gasteiger charge is 2.22. The van der Waals surface area contributed by atoms with Gasteiger partial charge in [-0.3, -0.25) is 4.79 Å². The van der Waals surface area contributed by atoms with Crippen LogP contribution in [0.2, 0.25) is 0 Å². The van der Waals surface area contributed by atoms with E-state index in [2.05, 4.69) is 52.7 Å². The second-order valence-corrected chi connectivity index (χ2v) is 8.08. The Balaban J connectivity index is 1.42. The number of anilines is 1. The third-order valence-electron chi connectivity index (χ3n) is 5.33. The second-order valence-electron chi connectivity index (χ2n) is 7.17. The molecular weight excluding hydrogens is 340 g/mol. The first-order chi connectivity index (χ1) is 12.7. The van der Waals surface area contributed by atoms with Crippen molar-refractivity contribution in [3.8, 4) is 0 Å². The summed E-state index contributed by atoms with van der Waals surface area (Å²) < 4.78 is 1.08. The molecule has 1 N–H and O–H groups in total. The van der Waals surface area contributed by atoms with Crippen LogP contribution in [0, 0.1) is 6.92 Å². The minimum Gasteiger partial charge on any atom is -0.356 e. The normalized spacial score (nSPS) is 15.5. The van der Waals surface area contributed by atoms with Gasteiger partial charge in [-0.1, -0.05) is 42.0 Å². The summed E-state index contributed by atoms with van der Waals surface area (Å²) in [6.45, 7) is 7.34. The average Bonchev–Trinajstić information content (AvgIpc) is 2.68. The Bertz CT molecular complexity index is 943. The van der Waals surface area contributed by atoms with Crippen molar-refractivity contribution in [2.24, 2.45) is 0 Å². The van der Waals surface area contributed by atoms with E-state index >= 15 is 0 Å². The summed E-state index contributed by atoms with van der Waals surface area (Å²) in [4.78, 5) is 16.9. The highest BCUT2D eigenvalue weighted by Crippen LogP contribution is 2.22. The molecule has 0 unspecified atom stereocenters. The molecule has 1 fully saturated rings. The molecule has 0 amide bonds. The zero-order valence-corrected chi connectivity index (χ0v) is 16.0. The zero-order valence-electron chi connectivity index (χ0n) is 15.2. The summed E-state index contributed by atoms with van der Waals surface area (Å²) in [6, 6.07) is 16.9. The van der Waals surface area contributed by atoms with E-state index in [1.807, 2.05) is 13.0 Å². The molecular formula is C22H25N2OS+. The van der Waals surface area contributed by atoms with E-state index in [0.717, 1.165) is 53.9 Å². The molecule has 2 aromatic carbocycles. The number of aryl methyl sites for hydroxylation is 1. The van der Waals surface area contributed by atoms with Gasteiger partial charge in [0.25, 0.3) is 0 Å². The van der Waals surface area contributed by atoms with Crippen molar-refractivity contribution in [1.29, 1.82) is 0 Å². The molecule has 0 radical (unpaired) electrons. The van der Waals surface area contributed by atoms with Crippen LogP contribution in [0.5, 0.6) is 0 Å². The molecule has 1 aromatic heterocycles. The van der Waals surface area contributed by atoms with Gasteiger partial charge < -0.3 is 9.80 Å². The topological polar surface area (TPSA) is 24.8 Å². The lowest BCUT2D eigenvalue weighted by atomic mass is 10.1. The molecule has 4 rings (SSSR count). The SMILES string of the molecule is Cc1ccc2scc(N3CC[NH+](CCc4ccccc4)CC3)c(=O)c2c1. The molecule has 2 heterocycles. The number of nitrogens with zero attached hydrogens (tertiary/aromatic N) is 1. The lowest BCUT2D eigenvalue weighted by molar-refractivity contribution is -0.900. The number of hydrogen-bond donors (Lipinski definition) is 1. The molecule has 0 atom stereocenters. The number of rotatable bonds is 4. The van der Waals surface area contributed by atoms with Crippen molar-refractivity contribution >= 4 is 27.1 Å². The molecule has 1 saturated heterocycles. The van der Waals surface area contributed by atoms with Gasteiger partial charge in [-0.05, 0) is 24.6 Å². The average molecular weight is 366 g/mol. The largest absolute Gasteiger partial charge is 0.356 e. The Morgan fingerprint density at radius 1 is 1.08 bits per heavy atom. The molecule has 1 aliphatic heterocycles. The third-order valence-corrected chi connectivity index (χ3v) is 6.28. The second kappa shape index (κ2) is 7.60. The lowest BCUT2D eigenvalue weighted by Gasteiger charge is -2.33. The molecule has 134 valence electrons. The Morgan fingerprint density at radius 3 is 2.62 bits per heavy atom. The van der Waals surface area contributed by atoms with Gasteiger partial charge in [0.05, 0.1) is 38.4 Å². The predicted octanol–water partition coefficient (Wildman–Crippen LogP) is 2.52. The van der Waals surface area contributed by atoms with Crippen molar-refractivity contribution in [3.63, 3.8) is 0 Å². The first-order valence-electron chi connectivity index (χ1n) is 9.35. The van der Waals surface area contributed by atoms with Crippen LogP contribution in [0.4, 0.5) is 5.69 Å². The van der Waals surface area contributed by atoms with Crippen LogP contribution >= 0.6 is 11.3 Å². The number of fused-ring (bicyclic) bond motifs is 1.